The molecule has 0 heterocycles. The predicted molar refractivity (Wildman–Crippen MR) is 65.5 cm³/mol. The number of unbranched alkanes of at least 4 members (excludes halogenated alkanes) is 1. The zero-order chi connectivity index (χ0) is 13.6. The molecule has 0 aromatic carbocycles. The summed E-state index contributed by atoms with van der Waals surface area (Å²) in [6.45, 7) is 2.88. The van der Waals surface area contributed by atoms with Gasteiger partial charge in [0.05, 0.1) is 6.61 Å². The van der Waals surface area contributed by atoms with Crippen molar-refractivity contribution in [2.75, 3.05) is 19.7 Å². The Morgan fingerprint density at radius 2 is 1.94 bits per heavy atom. The summed E-state index contributed by atoms with van der Waals surface area (Å²) in [6, 6.07) is 0. The van der Waals surface area contributed by atoms with Gasteiger partial charge in [-0.2, -0.15) is 0 Å². The minimum absolute atomic E-state index is 0.0620. The van der Waals surface area contributed by atoms with Gasteiger partial charge in [0.2, 0.25) is 11.8 Å². The number of aliphatic hydroxyl groups excluding tert-OH is 1. The smallest absolute Gasteiger partial charge is 0.248 e. The molecule has 0 unspecified atom stereocenters. The van der Waals surface area contributed by atoms with Crippen molar-refractivity contribution in [2.24, 2.45) is 5.92 Å². The molecule has 0 spiro atoms. The van der Waals surface area contributed by atoms with E-state index in [0.29, 0.717) is 13.1 Å². The Hall–Kier alpha value is -0.710. The Kier molecular flexibility index (Phi) is 5.99. The highest BCUT2D eigenvalue weighted by Crippen LogP contribution is 2.36. The van der Waals surface area contributed by atoms with E-state index in [1.165, 1.54) is 0 Å². The molecule has 0 radical (unpaired) electrons. The van der Waals surface area contributed by atoms with Crippen molar-refractivity contribution in [2.45, 2.75) is 51.4 Å². The molecule has 0 atom stereocenters. The summed E-state index contributed by atoms with van der Waals surface area (Å²) >= 11 is 0. The maximum atomic E-state index is 13.0. The predicted octanol–water partition coefficient (Wildman–Crippen LogP) is 2.43. The van der Waals surface area contributed by atoms with Crippen LogP contribution < -0.4 is 0 Å². The molecule has 1 aliphatic carbocycles. The van der Waals surface area contributed by atoms with Crippen LogP contribution in [0.5, 0.6) is 0 Å². The minimum Gasteiger partial charge on any atom is -0.395 e. The van der Waals surface area contributed by atoms with Gasteiger partial charge in [0.1, 0.15) is 0 Å². The molecular weight excluding hydrogens is 240 g/mol. The molecule has 1 saturated carbocycles. The lowest BCUT2D eigenvalue weighted by Gasteiger charge is -2.31. The molecule has 106 valence electrons. The number of hydrogen-bond acceptors (Lipinski definition) is 2. The van der Waals surface area contributed by atoms with Crippen LogP contribution in [0.4, 0.5) is 8.78 Å². The number of carbonyl (C=O) groups excluding carboxylic acids is 1. The molecule has 1 aliphatic rings. The molecule has 0 aliphatic heterocycles. The van der Waals surface area contributed by atoms with Crippen molar-refractivity contribution in [1.29, 1.82) is 0 Å². The van der Waals surface area contributed by atoms with Gasteiger partial charge in [-0.3, -0.25) is 4.79 Å². The van der Waals surface area contributed by atoms with Gasteiger partial charge in [0.15, 0.2) is 0 Å². The largest absolute Gasteiger partial charge is 0.395 e. The number of hydrogen-bond donors (Lipinski definition) is 1. The standard InChI is InChI=1S/C13H23F2NO2/c1-2-3-8-16(9-10-17)12(18)11-4-6-13(14,15)7-5-11/h11,17H,2-10H2,1H3. The van der Waals surface area contributed by atoms with Gasteiger partial charge >= 0.3 is 0 Å². The van der Waals surface area contributed by atoms with Crippen LogP contribution in [0.2, 0.25) is 0 Å². The second kappa shape index (κ2) is 7.02. The van der Waals surface area contributed by atoms with Crippen LogP contribution in [0, 0.1) is 5.92 Å². The van der Waals surface area contributed by atoms with Crippen molar-refractivity contribution in [3.63, 3.8) is 0 Å². The van der Waals surface area contributed by atoms with E-state index >= 15 is 0 Å². The highest BCUT2D eigenvalue weighted by molar-refractivity contribution is 5.79. The summed E-state index contributed by atoms with van der Waals surface area (Å²) in [7, 11) is 0. The quantitative estimate of drug-likeness (QED) is 0.799. The van der Waals surface area contributed by atoms with Gasteiger partial charge in [0.25, 0.3) is 0 Å². The van der Waals surface area contributed by atoms with Crippen molar-refractivity contribution in [1.82, 2.24) is 4.90 Å². The fourth-order valence-corrected chi connectivity index (χ4v) is 2.35. The van der Waals surface area contributed by atoms with E-state index in [1.807, 2.05) is 6.92 Å². The second-order valence-corrected chi connectivity index (χ2v) is 5.03. The summed E-state index contributed by atoms with van der Waals surface area (Å²) in [4.78, 5) is 13.8. The molecule has 1 N–H and O–H groups in total. The minimum atomic E-state index is -2.60. The number of alkyl halides is 2. The molecule has 0 bridgehead atoms. The van der Waals surface area contributed by atoms with Gasteiger partial charge in [-0.25, -0.2) is 8.78 Å². The molecule has 0 aromatic heterocycles. The summed E-state index contributed by atoms with van der Waals surface area (Å²) in [5.74, 6) is -2.94. The second-order valence-electron chi connectivity index (χ2n) is 5.03. The Morgan fingerprint density at radius 3 is 2.44 bits per heavy atom. The Morgan fingerprint density at radius 1 is 1.33 bits per heavy atom. The first-order chi connectivity index (χ1) is 8.50. The molecule has 0 saturated heterocycles. The molecule has 1 rings (SSSR count). The zero-order valence-corrected chi connectivity index (χ0v) is 11.0. The molecule has 3 nitrogen and oxygen atoms in total. The number of halogens is 2. The van der Waals surface area contributed by atoms with Gasteiger partial charge in [-0.1, -0.05) is 13.3 Å². The van der Waals surface area contributed by atoms with Crippen LogP contribution in [0.3, 0.4) is 0 Å². The van der Waals surface area contributed by atoms with Crippen LogP contribution in [0.1, 0.15) is 45.4 Å². The first-order valence-corrected chi connectivity index (χ1v) is 6.77. The summed E-state index contributed by atoms with van der Waals surface area (Å²) in [5.41, 5.74) is 0. The number of carbonyl (C=O) groups is 1. The van der Waals surface area contributed by atoms with Crippen molar-refractivity contribution in [3.05, 3.63) is 0 Å². The number of nitrogens with zero attached hydrogens (tertiary/aromatic N) is 1. The third-order valence-corrected chi connectivity index (χ3v) is 3.53. The van der Waals surface area contributed by atoms with Crippen LogP contribution >= 0.6 is 0 Å². The molecule has 0 aromatic rings. The number of aliphatic hydroxyl groups is 1. The summed E-state index contributed by atoms with van der Waals surface area (Å²) in [5, 5.41) is 8.95. The Bertz CT molecular complexity index is 262. The van der Waals surface area contributed by atoms with Crippen molar-refractivity contribution in [3.8, 4) is 0 Å². The van der Waals surface area contributed by atoms with E-state index in [9.17, 15) is 13.6 Å². The monoisotopic (exact) mass is 263 g/mol. The highest BCUT2D eigenvalue weighted by Gasteiger charge is 2.38. The van der Waals surface area contributed by atoms with Crippen LogP contribution in [-0.4, -0.2) is 41.5 Å². The lowest BCUT2D eigenvalue weighted by atomic mass is 9.86. The van der Waals surface area contributed by atoms with E-state index in [-0.39, 0.29) is 44.1 Å². The molecular formula is C13H23F2NO2. The molecule has 1 amide bonds. The maximum Gasteiger partial charge on any atom is 0.248 e. The SMILES string of the molecule is CCCCN(CCO)C(=O)C1CCC(F)(F)CC1. The van der Waals surface area contributed by atoms with Gasteiger partial charge in [-0.15, -0.1) is 0 Å². The normalized spacial score (nSPS) is 19.8. The third kappa shape index (κ3) is 4.52. The van der Waals surface area contributed by atoms with Crippen LogP contribution in [0.15, 0.2) is 0 Å². The molecule has 5 heteroatoms. The average Bonchev–Trinajstić information content (AvgIpc) is 2.33. The van der Waals surface area contributed by atoms with E-state index in [2.05, 4.69) is 0 Å². The number of amides is 1. The van der Waals surface area contributed by atoms with Crippen LogP contribution in [0.25, 0.3) is 0 Å². The molecule has 1 fully saturated rings. The van der Waals surface area contributed by atoms with Crippen LogP contribution in [-0.2, 0) is 4.79 Å². The van der Waals surface area contributed by atoms with Crippen molar-refractivity contribution >= 4 is 5.91 Å². The van der Waals surface area contributed by atoms with E-state index in [4.69, 9.17) is 5.11 Å². The van der Waals surface area contributed by atoms with Gasteiger partial charge < -0.3 is 10.0 Å². The lowest BCUT2D eigenvalue weighted by Crippen LogP contribution is -2.41. The van der Waals surface area contributed by atoms with Crippen molar-refractivity contribution < 1.29 is 18.7 Å². The van der Waals surface area contributed by atoms with E-state index in [1.54, 1.807) is 4.90 Å². The Labute approximate surface area is 107 Å². The van der Waals surface area contributed by atoms with E-state index in [0.717, 1.165) is 12.8 Å². The fraction of sp³-hybridized carbons (Fsp3) is 0.923. The topological polar surface area (TPSA) is 40.5 Å². The summed E-state index contributed by atoms with van der Waals surface area (Å²) in [6.07, 6.45) is 2.00. The third-order valence-electron chi connectivity index (χ3n) is 3.53. The first kappa shape index (κ1) is 15.3. The van der Waals surface area contributed by atoms with Gasteiger partial charge in [0, 0.05) is 31.8 Å². The number of rotatable bonds is 6. The molecule has 18 heavy (non-hydrogen) atoms. The first-order valence-electron chi connectivity index (χ1n) is 6.77. The van der Waals surface area contributed by atoms with E-state index < -0.39 is 5.92 Å². The lowest BCUT2D eigenvalue weighted by molar-refractivity contribution is -0.140. The maximum absolute atomic E-state index is 13.0. The average molecular weight is 263 g/mol. The summed E-state index contributed by atoms with van der Waals surface area (Å²) < 4.78 is 26.1. The Balaban J connectivity index is 2.50. The zero-order valence-electron chi connectivity index (χ0n) is 11.0. The fourth-order valence-electron chi connectivity index (χ4n) is 2.35. The van der Waals surface area contributed by atoms with Gasteiger partial charge in [-0.05, 0) is 19.3 Å². The highest BCUT2D eigenvalue weighted by atomic mass is 19.3.